The Morgan fingerprint density at radius 2 is 1.70 bits per heavy atom. The maximum absolute atomic E-state index is 14.3. The Hall–Kier alpha value is -2.95. The molecule has 1 aromatic heterocycles. The molecule has 3 fully saturated rings. The number of fused-ring (bicyclic) bond motifs is 2. The Bertz CT molecular complexity index is 1200. The molecule has 222 valence electrons. The summed E-state index contributed by atoms with van der Waals surface area (Å²) in [5, 5.41) is 6.04. The Labute approximate surface area is 231 Å². The average Bonchev–Trinajstić information content (AvgIpc) is 3.13. The zero-order valence-corrected chi connectivity index (χ0v) is 23.5. The van der Waals surface area contributed by atoms with E-state index in [-0.39, 0.29) is 42.1 Å². The minimum atomic E-state index is -2.94. The number of rotatable bonds is 6. The Morgan fingerprint density at radius 1 is 1.10 bits per heavy atom. The summed E-state index contributed by atoms with van der Waals surface area (Å²) in [6.07, 6.45) is 1.66. The topological polar surface area (TPSA) is 66.4 Å². The second kappa shape index (κ2) is 13.6. The molecule has 40 heavy (non-hydrogen) atoms. The lowest BCUT2D eigenvalue weighted by Gasteiger charge is -2.37. The Morgan fingerprint density at radius 3 is 2.23 bits per heavy atom. The number of carbonyl (C=O) groups is 1. The Kier molecular flexibility index (Phi) is 10.7. The number of carbonyl (C=O) groups excluding carboxylic acids is 1. The molecule has 2 N–H and O–H groups in total. The van der Waals surface area contributed by atoms with Crippen LogP contribution in [0.1, 0.15) is 73.9 Å². The van der Waals surface area contributed by atoms with E-state index in [9.17, 15) is 31.5 Å². The van der Waals surface area contributed by atoms with Gasteiger partial charge in [0.25, 0.3) is 17.9 Å². The van der Waals surface area contributed by atoms with Gasteiger partial charge in [-0.05, 0) is 38.1 Å². The third-order valence-electron chi connectivity index (χ3n) is 7.68. The maximum Gasteiger partial charge on any atom is 0.266 e. The number of anilines is 1. The van der Waals surface area contributed by atoms with Crippen molar-refractivity contribution in [2.45, 2.75) is 70.9 Å². The SMILES string of the molecule is CC.CN1CC2CC[C@@H](C1)C2Nc1cc(=O)n(C)cc1C(=O)NCc1cccc(C(F)F)c1F.FC1(F)CCC1. The maximum atomic E-state index is 14.3. The largest absolute Gasteiger partial charge is 0.381 e. The summed E-state index contributed by atoms with van der Waals surface area (Å²) in [4.78, 5) is 27.5. The minimum Gasteiger partial charge on any atom is -0.381 e. The van der Waals surface area contributed by atoms with Crippen molar-refractivity contribution in [1.29, 1.82) is 0 Å². The predicted molar refractivity (Wildman–Crippen MR) is 145 cm³/mol. The van der Waals surface area contributed by atoms with Gasteiger partial charge in [0.2, 0.25) is 5.92 Å². The summed E-state index contributed by atoms with van der Waals surface area (Å²) in [6, 6.07) is 5.30. The molecule has 0 spiro atoms. The molecule has 6 nitrogen and oxygen atoms in total. The van der Waals surface area contributed by atoms with Gasteiger partial charge in [0.15, 0.2) is 0 Å². The first kappa shape index (κ1) is 31.6. The molecule has 1 amide bonds. The highest BCUT2D eigenvalue weighted by Crippen LogP contribution is 2.38. The molecule has 11 heteroatoms. The first-order valence-electron chi connectivity index (χ1n) is 13.8. The molecule has 2 aromatic rings. The summed E-state index contributed by atoms with van der Waals surface area (Å²) in [5.41, 5.74) is -0.266. The van der Waals surface area contributed by atoms with E-state index >= 15 is 0 Å². The second-order valence-electron chi connectivity index (χ2n) is 10.6. The van der Waals surface area contributed by atoms with Gasteiger partial charge in [-0.1, -0.05) is 32.0 Å². The van der Waals surface area contributed by atoms with Crippen molar-refractivity contribution in [1.82, 2.24) is 14.8 Å². The van der Waals surface area contributed by atoms with Crippen LogP contribution in [0.5, 0.6) is 0 Å². The third-order valence-corrected chi connectivity index (χ3v) is 7.68. The van der Waals surface area contributed by atoms with Crippen LogP contribution in [-0.2, 0) is 13.6 Å². The highest BCUT2D eigenvalue weighted by atomic mass is 19.3. The van der Waals surface area contributed by atoms with Crippen LogP contribution in [0.25, 0.3) is 0 Å². The van der Waals surface area contributed by atoms with E-state index in [1.54, 1.807) is 7.05 Å². The molecular formula is C29H39F5N4O2. The molecule has 2 saturated carbocycles. The average molecular weight is 571 g/mol. The standard InChI is InChI=1S/C23H27F3N4O2.C4H6F2.C2H6/c1-29-10-14-6-7-15(11-29)21(14)28-18-8-19(31)30(2)12-17(18)23(32)27-9-13-4-3-5-16(20(13)24)22(25)26;5-4(6)2-1-3-4;1-2/h3-5,8,12,14-15,21-22,28H,6-7,9-11H2,1-2H3,(H,27,32);1-3H2;1-2H3/t14-,15?,21?;;/m0../s1. The van der Waals surface area contributed by atoms with Gasteiger partial charge in [-0.15, -0.1) is 0 Å². The van der Waals surface area contributed by atoms with Gasteiger partial charge < -0.3 is 20.1 Å². The fraction of sp³-hybridized carbons (Fsp3) is 0.586. The van der Waals surface area contributed by atoms with E-state index in [1.807, 2.05) is 13.8 Å². The van der Waals surface area contributed by atoms with Gasteiger partial charge in [-0.25, -0.2) is 22.0 Å². The first-order chi connectivity index (χ1) is 18.9. The van der Waals surface area contributed by atoms with Gasteiger partial charge in [0, 0.05) is 63.4 Å². The van der Waals surface area contributed by atoms with E-state index in [2.05, 4.69) is 22.6 Å². The molecule has 2 heterocycles. The summed E-state index contributed by atoms with van der Waals surface area (Å²) >= 11 is 0. The fourth-order valence-electron chi connectivity index (χ4n) is 5.42. The molecule has 3 atom stereocenters. The molecule has 0 radical (unpaired) electrons. The van der Waals surface area contributed by atoms with E-state index < -0.39 is 29.6 Å². The van der Waals surface area contributed by atoms with Gasteiger partial charge in [-0.2, -0.15) is 0 Å². The van der Waals surface area contributed by atoms with Crippen molar-refractivity contribution in [2.24, 2.45) is 18.9 Å². The molecule has 2 aliphatic carbocycles. The normalized spacial score (nSPS) is 22.8. The zero-order valence-electron chi connectivity index (χ0n) is 23.5. The smallest absolute Gasteiger partial charge is 0.266 e. The molecular weight excluding hydrogens is 531 g/mol. The van der Waals surface area contributed by atoms with Crippen molar-refractivity contribution in [3.63, 3.8) is 0 Å². The molecule has 1 aromatic carbocycles. The number of likely N-dealkylation sites (tertiary alicyclic amines) is 1. The van der Waals surface area contributed by atoms with E-state index in [0.717, 1.165) is 32.0 Å². The van der Waals surface area contributed by atoms with Crippen LogP contribution in [0.3, 0.4) is 0 Å². The second-order valence-corrected chi connectivity index (χ2v) is 10.6. The van der Waals surface area contributed by atoms with Crippen LogP contribution >= 0.6 is 0 Å². The predicted octanol–water partition coefficient (Wildman–Crippen LogP) is 5.98. The number of amides is 1. The summed E-state index contributed by atoms with van der Waals surface area (Å²) in [5.74, 6) is -2.94. The van der Waals surface area contributed by atoms with E-state index in [4.69, 9.17) is 0 Å². The van der Waals surface area contributed by atoms with Crippen LogP contribution in [0.15, 0.2) is 35.3 Å². The highest BCUT2D eigenvalue weighted by molar-refractivity contribution is 5.99. The van der Waals surface area contributed by atoms with E-state index in [0.29, 0.717) is 23.9 Å². The number of piperidine rings is 1. The summed E-state index contributed by atoms with van der Waals surface area (Å²) in [7, 11) is 3.65. The molecule has 2 bridgehead atoms. The van der Waals surface area contributed by atoms with Crippen LogP contribution in [0.4, 0.5) is 27.6 Å². The van der Waals surface area contributed by atoms with Crippen LogP contribution in [0, 0.1) is 17.7 Å². The minimum absolute atomic E-state index is 0.0242. The fourth-order valence-corrected chi connectivity index (χ4v) is 5.42. The van der Waals surface area contributed by atoms with Gasteiger partial charge in [0.05, 0.1) is 16.8 Å². The van der Waals surface area contributed by atoms with Crippen LogP contribution in [-0.4, -0.2) is 47.5 Å². The molecule has 1 aliphatic heterocycles. The van der Waals surface area contributed by atoms with Crippen molar-refractivity contribution in [3.8, 4) is 0 Å². The lowest BCUT2D eigenvalue weighted by molar-refractivity contribution is -0.0717. The lowest BCUT2D eigenvalue weighted by Crippen LogP contribution is -2.46. The number of hydrogen-bond acceptors (Lipinski definition) is 4. The Balaban J connectivity index is 0.000000481. The van der Waals surface area contributed by atoms with E-state index in [1.165, 1.54) is 29.0 Å². The van der Waals surface area contributed by atoms with Gasteiger partial charge in [-0.3, -0.25) is 9.59 Å². The number of halogens is 5. The summed E-state index contributed by atoms with van der Waals surface area (Å²) in [6.45, 7) is 5.67. The lowest BCUT2D eigenvalue weighted by atomic mass is 9.92. The molecule has 5 rings (SSSR count). The van der Waals surface area contributed by atoms with Crippen molar-refractivity contribution >= 4 is 11.6 Å². The van der Waals surface area contributed by atoms with Crippen LogP contribution in [0.2, 0.25) is 0 Å². The number of aromatic nitrogens is 1. The van der Waals surface area contributed by atoms with Gasteiger partial charge >= 0.3 is 0 Å². The molecule has 3 aliphatic rings. The molecule has 2 unspecified atom stereocenters. The number of hydrogen-bond donors (Lipinski definition) is 2. The third kappa shape index (κ3) is 7.62. The van der Waals surface area contributed by atoms with Crippen molar-refractivity contribution < 1.29 is 26.7 Å². The van der Waals surface area contributed by atoms with Crippen molar-refractivity contribution in [3.05, 3.63) is 63.3 Å². The first-order valence-corrected chi connectivity index (χ1v) is 13.8. The number of alkyl halides is 4. The van der Waals surface area contributed by atoms with Crippen LogP contribution < -0.4 is 16.2 Å². The highest BCUT2D eigenvalue weighted by Gasteiger charge is 2.41. The molecule has 1 saturated heterocycles. The number of nitrogens with zero attached hydrogens (tertiary/aromatic N) is 2. The van der Waals surface area contributed by atoms with Crippen molar-refractivity contribution in [2.75, 3.05) is 25.5 Å². The monoisotopic (exact) mass is 570 g/mol. The zero-order chi connectivity index (χ0) is 29.6. The van der Waals surface area contributed by atoms with Gasteiger partial charge in [0.1, 0.15) is 5.82 Å². The number of aryl methyl sites for hydroxylation is 1. The number of pyridine rings is 1. The quantitative estimate of drug-likeness (QED) is 0.420. The number of nitrogens with one attached hydrogen (secondary N) is 2. The number of benzene rings is 1. The summed E-state index contributed by atoms with van der Waals surface area (Å²) < 4.78 is 64.6.